The molecule has 1 amide bonds. The van der Waals surface area contributed by atoms with Gasteiger partial charge in [0.25, 0.3) is 11.5 Å². The van der Waals surface area contributed by atoms with Crippen molar-refractivity contribution in [2.45, 2.75) is 33.2 Å². The normalized spacial score (nSPS) is 11.0. The number of unbranched alkanes of at least 4 members (excludes halogenated alkanes) is 1. The lowest BCUT2D eigenvalue weighted by Crippen LogP contribution is -2.24. The lowest BCUT2D eigenvalue weighted by Gasteiger charge is -2.06. The molecule has 7 heteroatoms. The quantitative estimate of drug-likeness (QED) is 0.673. The summed E-state index contributed by atoms with van der Waals surface area (Å²) in [6.07, 6.45) is 3.31. The Morgan fingerprint density at radius 3 is 2.85 bits per heavy atom. The first-order valence-corrected chi connectivity index (χ1v) is 9.34. The Labute approximate surface area is 154 Å². The third-order valence-electron chi connectivity index (χ3n) is 4.24. The van der Waals surface area contributed by atoms with Crippen LogP contribution in [0.2, 0.25) is 0 Å². The second-order valence-corrected chi connectivity index (χ2v) is 7.11. The maximum atomic E-state index is 13.9. The van der Waals surface area contributed by atoms with Crippen molar-refractivity contribution in [2.24, 2.45) is 0 Å². The van der Waals surface area contributed by atoms with Crippen LogP contribution in [-0.4, -0.2) is 22.0 Å². The highest BCUT2D eigenvalue weighted by atomic mass is 32.1. The zero-order valence-corrected chi connectivity index (χ0v) is 15.5. The molecule has 3 rings (SSSR count). The third kappa shape index (κ3) is 3.53. The second-order valence-electron chi connectivity index (χ2n) is 6.11. The molecular weight excluding hydrogens is 353 g/mol. The van der Waals surface area contributed by atoms with Gasteiger partial charge in [-0.05, 0) is 25.0 Å². The molecule has 2 heterocycles. The number of thiophene rings is 1. The summed E-state index contributed by atoms with van der Waals surface area (Å²) in [5.41, 5.74) is 0.778. The van der Waals surface area contributed by atoms with Crippen molar-refractivity contribution in [2.75, 3.05) is 6.54 Å². The number of halogens is 1. The fourth-order valence-electron chi connectivity index (χ4n) is 2.76. The number of hydrogen-bond acceptors (Lipinski definition) is 4. The molecule has 0 aliphatic carbocycles. The van der Waals surface area contributed by atoms with Crippen LogP contribution < -0.4 is 10.9 Å². The molecule has 0 fully saturated rings. The van der Waals surface area contributed by atoms with Gasteiger partial charge in [0.2, 0.25) is 0 Å². The number of benzene rings is 1. The second kappa shape index (κ2) is 7.78. The topological polar surface area (TPSA) is 64.0 Å². The monoisotopic (exact) mass is 373 g/mol. The number of nitrogens with zero attached hydrogens (tertiary/aromatic N) is 2. The van der Waals surface area contributed by atoms with E-state index in [0.717, 1.165) is 12.8 Å². The zero-order valence-electron chi connectivity index (χ0n) is 14.7. The van der Waals surface area contributed by atoms with E-state index in [9.17, 15) is 14.0 Å². The minimum absolute atomic E-state index is 0.0990. The molecule has 0 spiro atoms. The molecule has 0 saturated heterocycles. The van der Waals surface area contributed by atoms with Crippen molar-refractivity contribution in [1.82, 2.24) is 14.9 Å². The zero-order chi connectivity index (χ0) is 18.7. The molecule has 0 aliphatic rings. The largest absolute Gasteiger partial charge is 0.351 e. The first-order valence-electron chi connectivity index (χ1n) is 8.53. The molecule has 0 bridgehead atoms. The Hall–Kier alpha value is -2.54. The van der Waals surface area contributed by atoms with Crippen LogP contribution in [0.5, 0.6) is 0 Å². The third-order valence-corrected chi connectivity index (χ3v) is 5.44. The summed E-state index contributed by atoms with van der Waals surface area (Å²) in [5.74, 6) is -0.545. The predicted molar refractivity (Wildman–Crippen MR) is 101 cm³/mol. The van der Waals surface area contributed by atoms with Gasteiger partial charge >= 0.3 is 0 Å². The van der Waals surface area contributed by atoms with E-state index in [2.05, 4.69) is 17.2 Å². The van der Waals surface area contributed by atoms with Gasteiger partial charge in [0.1, 0.15) is 10.6 Å². The molecule has 136 valence electrons. The highest BCUT2D eigenvalue weighted by Crippen LogP contribution is 2.26. The maximum absolute atomic E-state index is 13.9. The minimum Gasteiger partial charge on any atom is -0.351 e. The van der Waals surface area contributed by atoms with Crippen LogP contribution >= 0.6 is 11.3 Å². The van der Waals surface area contributed by atoms with Crippen LogP contribution in [0.15, 0.2) is 35.4 Å². The van der Waals surface area contributed by atoms with Crippen LogP contribution in [0.3, 0.4) is 0 Å². The van der Waals surface area contributed by atoms with Gasteiger partial charge < -0.3 is 5.32 Å². The predicted octanol–water partition coefficient (Wildman–Crippen LogP) is 3.48. The Bertz CT molecular complexity index is 1010. The van der Waals surface area contributed by atoms with Gasteiger partial charge in [-0.2, -0.15) is 0 Å². The van der Waals surface area contributed by atoms with Crippen LogP contribution in [-0.2, 0) is 6.54 Å². The Morgan fingerprint density at radius 2 is 2.12 bits per heavy atom. The number of rotatable bonds is 6. The van der Waals surface area contributed by atoms with E-state index < -0.39 is 0 Å². The van der Waals surface area contributed by atoms with Crippen LogP contribution in [0.1, 0.15) is 40.6 Å². The molecule has 0 saturated carbocycles. The summed E-state index contributed by atoms with van der Waals surface area (Å²) in [4.78, 5) is 30.5. The number of aromatic nitrogens is 2. The SMILES string of the molecule is CCCCNC(=O)c1sc2ncn(Cc3ccccc3F)c(=O)c2c1C. The number of nitrogens with one attached hydrogen (secondary N) is 1. The fraction of sp³-hybridized carbons (Fsp3) is 0.316. The fourth-order valence-corrected chi connectivity index (χ4v) is 3.81. The summed E-state index contributed by atoms with van der Waals surface area (Å²) < 4.78 is 15.2. The van der Waals surface area contributed by atoms with E-state index in [1.54, 1.807) is 25.1 Å². The molecular formula is C19H20FN3O2S. The number of aryl methyl sites for hydroxylation is 1. The van der Waals surface area contributed by atoms with Crippen molar-refractivity contribution in [3.63, 3.8) is 0 Å². The van der Waals surface area contributed by atoms with Crippen molar-refractivity contribution in [3.8, 4) is 0 Å². The van der Waals surface area contributed by atoms with Gasteiger partial charge in [-0.15, -0.1) is 11.3 Å². The van der Waals surface area contributed by atoms with E-state index in [1.807, 2.05) is 0 Å². The molecule has 0 aliphatic heterocycles. The highest BCUT2D eigenvalue weighted by molar-refractivity contribution is 7.20. The van der Waals surface area contributed by atoms with E-state index in [1.165, 1.54) is 28.3 Å². The molecule has 1 N–H and O–H groups in total. The number of carbonyl (C=O) groups is 1. The summed E-state index contributed by atoms with van der Waals surface area (Å²) in [6.45, 7) is 4.51. The van der Waals surface area contributed by atoms with Crippen molar-refractivity contribution >= 4 is 27.5 Å². The number of amides is 1. The minimum atomic E-state index is -0.363. The number of fused-ring (bicyclic) bond motifs is 1. The van der Waals surface area contributed by atoms with Crippen molar-refractivity contribution in [1.29, 1.82) is 0 Å². The molecule has 3 aromatic rings. The summed E-state index contributed by atoms with van der Waals surface area (Å²) >= 11 is 1.21. The van der Waals surface area contributed by atoms with Crippen molar-refractivity contribution < 1.29 is 9.18 Å². The van der Waals surface area contributed by atoms with Gasteiger partial charge in [0, 0.05) is 12.1 Å². The molecule has 1 aromatic carbocycles. The highest BCUT2D eigenvalue weighted by Gasteiger charge is 2.19. The average Bonchev–Trinajstić information content (AvgIpc) is 2.97. The first-order chi connectivity index (χ1) is 12.5. The van der Waals surface area contributed by atoms with Crippen LogP contribution in [0, 0.1) is 12.7 Å². The van der Waals surface area contributed by atoms with Gasteiger partial charge in [-0.1, -0.05) is 31.5 Å². The lowest BCUT2D eigenvalue weighted by molar-refractivity contribution is 0.0956. The Balaban J connectivity index is 1.96. The smallest absolute Gasteiger partial charge is 0.262 e. The lowest BCUT2D eigenvalue weighted by atomic mass is 10.2. The van der Waals surface area contributed by atoms with E-state index in [-0.39, 0.29) is 23.8 Å². The van der Waals surface area contributed by atoms with Gasteiger partial charge in [0.15, 0.2) is 0 Å². The maximum Gasteiger partial charge on any atom is 0.262 e. The van der Waals surface area contributed by atoms with Gasteiger partial charge in [-0.3, -0.25) is 14.2 Å². The molecule has 2 aromatic heterocycles. The van der Waals surface area contributed by atoms with Crippen molar-refractivity contribution in [3.05, 3.63) is 62.8 Å². The molecule has 0 radical (unpaired) electrons. The van der Waals surface area contributed by atoms with E-state index in [0.29, 0.717) is 32.8 Å². The van der Waals surface area contributed by atoms with Gasteiger partial charge in [0.05, 0.1) is 23.1 Å². The number of hydrogen-bond donors (Lipinski definition) is 1. The molecule has 0 atom stereocenters. The van der Waals surface area contributed by atoms with Crippen LogP contribution in [0.25, 0.3) is 10.2 Å². The van der Waals surface area contributed by atoms with E-state index in [4.69, 9.17) is 0 Å². The summed E-state index contributed by atoms with van der Waals surface area (Å²) in [7, 11) is 0. The summed E-state index contributed by atoms with van der Waals surface area (Å²) in [5, 5.41) is 3.29. The Morgan fingerprint density at radius 1 is 1.35 bits per heavy atom. The van der Waals surface area contributed by atoms with Gasteiger partial charge in [-0.25, -0.2) is 9.37 Å². The average molecular weight is 373 g/mol. The summed E-state index contributed by atoms with van der Waals surface area (Å²) in [6, 6.07) is 6.33. The molecule has 5 nitrogen and oxygen atoms in total. The molecule has 0 unspecified atom stereocenters. The number of carbonyl (C=O) groups excluding carboxylic acids is 1. The first kappa shape index (κ1) is 18.3. The Kier molecular flexibility index (Phi) is 5.46. The van der Waals surface area contributed by atoms with Crippen LogP contribution in [0.4, 0.5) is 4.39 Å². The van der Waals surface area contributed by atoms with E-state index >= 15 is 0 Å². The standard InChI is InChI=1S/C19H20FN3O2S/c1-3-4-9-21-17(24)16-12(2)15-18(26-16)22-11-23(19(15)25)10-13-7-5-6-8-14(13)20/h5-8,11H,3-4,9-10H2,1-2H3,(H,21,24). The molecule has 26 heavy (non-hydrogen) atoms.